The Hall–Kier alpha value is -0.450. The SMILES string of the molecule is CCS(O)(O)Cc1ccoc1. The van der Waals surface area contributed by atoms with Crippen molar-refractivity contribution in [1.29, 1.82) is 0 Å². The van der Waals surface area contributed by atoms with Gasteiger partial charge in [0.05, 0.1) is 18.3 Å². The highest BCUT2D eigenvalue weighted by Gasteiger charge is 2.10. The molecule has 4 heteroatoms. The Morgan fingerprint density at radius 3 is 2.73 bits per heavy atom. The van der Waals surface area contributed by atoms with Gasteiger partial charge in [0.15, 0.2) is 0 Å². The Morgan fingerprint density at radius 1 is 1.55 bits per heavy atom. The molecule has 1 rings (SSSR count). The molecule has 0 radical (unpaired) electrons. The summed E-state index contributed by atoms with van der Waals surface area (Å²) in [5.41, 5.74) is 0.840. The molecule has 0 bridgehead atoms. The summed E-state index contributed by atoms with van der Waals surface area (Å²) in [5, 5.41) is 0. The normalized spacial score (nSPS) is 13.4. The van der Waals surface area contributed by atoms with Crippen LogP contribution in [0.1, 0.15) is 12.5 Å². The van der Waals surface area contributed by atoms with Gasteiger partial charge in [0.1, 0.15) is 0 Å². The Morgan fingerprint density at radius 2 is 2.27 bits per heavy atom. The maximum atomic E-state index is 9.29. The van der Waals surface area contributed by atoms with Crippen molar-refractivity contribution in [1.82, 2.24) is 0 Å². The molecule has 64 valence electrons. The van der Waals surface area contributed by atoms with Crippen LogP contribution in [-0.2, 0) is 5.75 Å². The molecule has 0 saturated heterocycles. The lowest BCUT2D eigenvalue weighted by atomic mass is 10.4. The summed E-state index contributed by atoms with van der Waals surface area (Å²) in [6.45, 7) is 1.76. The van der Waals surface area contributed by atoms with E-state index in [9.17, 15) is 9.11 Å². The molecule has 0 aliphatic heterocycles. The molecule has 0 spiro atoms. The standard InChI is InChI=1S/C7H12O3S/c1-2-11(8,9)6-7-3-4-10-5-7/h3-5,8-9H,2,6H2,1H3. The molecule has 0 aromatic carbocycles. The average molecular weight is 176 g/mol. The first kappa shape index (κ1) is 8.64. The molecule has 2 N–H and O–H groups in total. The lowest BCUT2D eigenvalue weighted by molar-refractivity contribution is 0.486. The van der Waals surface area contributed by atoms with Gasteiger partial charge in [-0.15, -0.1) is 0 Å². The highest BCUT2D eigenvalue weighted by molar-refractivity contribution is 8.23. The van der Waals surface area contributed by atoms with E-state index < -0.39 is 10.6 Å². The van der Waals surface area contributed by atoms with Crippen molar-refractivity contribution in [3.05, 3.63) is 24.2 Å². The predicted molar refractivity (Wildman–Crippen MR) is 45.8 cm³/mol. The molecule has 3 nitrogen and oxygen atoms in total. The molecule has 0 unspecified atom stereocenters. The van der Waals surface area contributed by atoms with Crippen LogP contribution in [0.4, 0.5) is 0 Å². The number of hydrogen-bond acceptors (Lipinski definition) is 3. The molecule has 0 fully saturated rings. The summed E-state index contributed by atoms with van der Waals surface area (Å²) in [7, 11) is -2.40. The summed E-state index contributed by atoms with van der Waals surface area (Å²) >= 11 is 0. The highest BCUT2D eigenvalue weighted by atomic mass is 32.3. The third-order valence-corrected chi connectivity index (χ3v) is 3.16. The second-order valence-corrected chi connectivity index (χ2v) is 4.84. The van der Waals surface area contributed by atoms with Crippen molar-refractivity contribution in [2.75, 3.05) is 5.75 Å². The minimum Gasteiger partial charge on any atom is -0.472 e. The zero-order valence-electron chi connectivity index (χ0n) is 6.36. The third-order valence-electron chi connectivity index (χ3n) is 1.44. The van der Waals surface area contributed by atoms with E-state index in [1.54, 1.807) is 13.0 Å². The fraction of sp³-hybridized carbons (Fsp3) is 0.429. The van der Waals surface area contributed by atoms with Crippen molar-refractivity contribution in [3.63, 3.8) is 0 Å². The van der Waals surface area contributed by atoms with Gasteiger partial charge in [-0.1, -0.05) is 0 Å². The molecule has 1 aromatic rings. The fourth-order valence-electron chi connectivity index (χ4n) is 0.744. The van der Waals surface area contributed by atoms with Crippen LogP contribution in [0.15, 0.2) is 23.0 Å². The summed E-state index contributed by atoms with van der Waals surface area (Å²) in [6.07, 6.45) is 3.06. The molecule has 0 aliphatic carbocycles. The minimum atomic E-state index is -2.40. The Bertz CT molecular complexity index is 205. The summed E-state index contributed by atoms with van der Waals surface area (Å²) in [6, 6.07) is 1.74. The van der Waals surface area contributed by atoms with Crippen LogP contribution < -0.4 is 0 Å². The second-order valence-electron chi connectivity index (χ2n) is 2.37. The van der Waals surface area contributed by atoms with Crippen molar-refractivity contribution in [2.45, 2.75) is 12.7 Å². The average Bonchev–Trinajstić information content (AvgIpc) is 2.39. The van der Waals surface area contributed by atoms with Crippen molar-refractivity contribution in [3.8, 4) is 0 Å². The van der Waals surface area contributed by atoms with Crippen LogP contribution in [0, 0.1) is 0 Å². The monoisotopic (exact) mass is 176 g/mol. The molecule has 1 heterocycles. The van der Waals surface area contributed by atoms with E-state index in [-0.39, 0.29) is 0 Å². The number of rotatable bonds is 3. The van der Waals surface area contributed by atoms with Crippen molar-refractivity contribution in [2.24, 2.45) is 0 Å². The van der Waals surface area contributed by atoms with Crippen molar-refractivity contribution >= 4 is 10.6 Å². The van der Waals surface area contributed by atoms with Gasteiger partial charge in [0.2, 0.25) is 0 Å². The van der Waals surface area contributed by atoms with Gasteiger partial charge < -0.3 is 4.42 Å². The van der Waals surface area contributed by atoms with Crippen LogP contribution in [0.5, 0.6) is 0 Å². The smallest absolute Gasteiger partial charge is 0.0950 e. The van der Waals surface area contributed by atoms with Crippen LogP contribution in [0.2, 0.25) is 0 Å². The van der Waals surface area contributed by atoms with E-state index in [2.05, 4.69) is 0 Å². The Kier molecular flexibility index (Phi) is 2.59. The summed E-state index contributed by atoms with van der Waals surface area (Å²) in [4.78, 5) is 0. The molecule has 0 amide bonds. The topological polar surface area (TPSA) is 53.6 Å². The van der Waals surface area contributed by atoms with Crippen LogP contribution in [0.3, 0.4) is 0 Å². The van der Waals surface area contributed by atoms with Crippen LogP contribution >= 0.6 is 10.6 Å². The van der Waals surface area contributed by atoms with Gasteiger partial charge >= 0.3 is 0 Å². The Balaban J connectivity index is 2.56. The van der Waals surface area contributed by atoms with E-state index in [0.717, 1.165) is 5.56 Å². The maximum absolute atomic E-state index is 9.29. The van der Waals surface area contributed by atoms with E-state index in [1.807, 2.05) is 0 Å². The van der Waals surface area contributed by atoms with Gasteiger partial charge in [0.25, 0.3) is 0 Å². The molecular weight excluding hydrogens is 164 g/mol. The lowest BCUT2D eigenvalue weighted by Gasteiger charge is -2.29. The molecule has 1 aromatic heterocycles. The highest BCUT2D eigenvalue weighted by Crippen LogP contribution is 2.41. The third kappa shape index (κ3) is 2.57. The van der Waals surface area contributed by atoms with Gasteiger partial charge in [-0.2, -0.15) is 10.6 Å². The summed E-state index contributed by atoms with van der Waals surface area (Å²) in [5.74, 6) is 0.707. The zero-order chi connectivity index (χ0) is 8.32. The quantitative estimate of drug-likeness (QED) is 0.744. The van der Waals surface area contributed by atoms with Crippen LogP contribution in [0.25, 0.3) is 0 Å². The lowest BCUT2D eigenvalue weighted by Crippen LogP contribution is -2.02. The van der Waals surface area contributed by atoms with Gasteiger partial charge in [0, 0.05) is 11.3 Å². The van der Waals surface area contributed by atoms with E-state index in [1.165, 1.54) is 12.5 Å². The zero-order valence-corrected chi connectivity index (χ0v) is 7.17. The number of hydrogen-bond donors (Lipinski definition) is 2. The minimum absolute atomic E-state index is 0.306. The van der Waals surface area contributed by atoms with E-state index in [4.69, 9.17) is 4.42 Å². The maximum Gasteiger partial charge on any atom is 0.0950 e. The first-order valence-corrected chi connectivity index (χ1v) is 5.27. The summed E-state index contributed by atoms with van der Waals surface area (Å²) < 4.78 is 23.4. The molecule has 0 saturated carbocycles. The van der Waals surface area contributed by atoms with E-state index >= 15 is 0 Å². The first-order chi connectivity index (χ1) is 5.14. The van der Waals surface area contributed by atoms with Crippen molar-refractivity contribution < 1.29 is 13.5 Å². The largest absolute Gasteiger partial charge is 0.472 e. The molecule has 0 atom stereocenters. The van der Waals surface area contributed by atoms with E-state index in [0.29, 0.717) is 11.5 Å². The van der Waals surface area contributed by atoms with Crippen LogP contribution in [-0.4, -0.2) is 14.9 Å². The molecule has 0 aliphatic rings. The Labute approximate surface area is 67.4 Å². The number of furan rings is 1. The second kappa shape index (κ2) is 3.30. The van der Waals surface area contributed by atoms with Gasteiger partial charge in [-0.05, 0) is 13.0 Å². The van der Waals surface area contributed by atoms with Gasteiger partial charge in [-0.3, -0.25) is 9.11 Å². The first-order valence-electron chi connectivity index (χ1n) is 3.39. The predicted octanol–water partition coefficient (Wildman–Crippen LogP) is 2.55. The fourth-order valence-corrected chi connectivity index (χ4v) is 1.65. The van der Waals surface area contributed by atoms with Gasteiger partial charge in [-0.25, -0.2) is 0 Å². The molecular formula is C7H12O3S. The molecule has 11 heavy (non-hydrogen) atoms.